The van der Waals surface area contributed by atoms with Crippen LogP contribution in [0, 0.1) is 111 Å². The molecular formula is C21H56Ac2O7P22. The van der Waals surface area contributed by atoms with Crippen LogP contribution in [0.1, 0.15) is 47.5 Å². The minimum absolute atomic E-state index is 0. The molecule has 2 fully saturated rings. The van der Waals surface area contributed by atoms with Gasteiger partial charge in [-0.25, -0.2) is 0 Å². The van der Waals surface area contributed by atoms with E-state index in [-0.39, 0.29) is 154 Å². The van der Waals surface area contributed by atoms with Crippen LogP contribution in [0.3, 0.4) is 0 Å². The summed E-state index contributed by atoms with van der Waals surface area (Å²) in [6, 6.07) is 0. The van der Waals surface area contributed by atoms with Gasteiger partial charge in [0.1, 0.15) is 11.7 Å². The number of Topliss-reactive ketones (excluding diaryl/α,β-unsaturated/α-hetero) is 1. The molecule has 2 aliphatic carbocycles. The van der Waals surface area contributed by atoms with Crippen LogP contribution >= 0.6 is 180 Å². The van der Waals surface area contributed by atoms with E-state index in [1.807, 2.05) is 6.92 Å². The van der Waals surface area contributed by atoms with Crippen molar-refractivity contribution >= 4 is 185 Å². The number of hydrogen-bond acceptors (Lipinski definition) is 7. The van der Waals surface area contributed by atoms with Gasteiger partial charge >= 0.3 is 0 Å². The number of ether oxygens (including phenoxy) is 1. The molecule has 0 aromatic carbocycles. The maximum atomic E-state index is 14.6. The Bertz CT molecular complexity index is 1180. The van der Waals surface area contributed by atoms with Crippen molar-refractivity contribution < 1.29 is 121 Å². The van der Waals surface area contributed by atoms with Crippen LogP contribution in [0.25, 0.3) is 0 Å². The number of rotatable bonds is 17. The number of allylic oxidation sites excluding steroid dienone is 1. The molecule has 24 atom stereocenters. The predicted molar refractivity (Wildman–Crippen MR) is 285 cm³/mol. The average Bonchev–Trinajstić information content (AvgIpc) is 2.98. The zero-order valence-corrected chi connectivity index (χ0v) is 62.2. The fraction of sp³-hybridized carbons (Fsp3) is 0.857. The van der Waals surface area contributed by atoms with Crippen molar-refractivity contribution in [2.75, 3.05) is 6.61 Å². The molecule has 3 aliphatic rings. The molecule has 0 aromatic heterocycles. The largest absolute Gasteiger partial charge is 0.386 e. The first-order valence-electron chi connectivity index (χ1n) is 15.1. The summed E-state index contributed by atoms with van der Waals surface area (Å²) >= 11 is 0. The van der Waals surface area contributed by atoms with E-state index in [4.69, 9.17) is 18.3 Å². The van der Waals surface area contributed by atoms with Crippen LogP contribution in [-0.2, 0) is 23.1 Å². The number of ketones is 1. The average molecular weight is 1560 g/mol. The molecule has 3 rings (SSSR count). The van der Waals surface area contributed by atoms with Gasteiger partial charge in [0.25, 0.3) is 0 Å². The normalized spacial score (nSPS) is 32.9. The summed E-state index contributed by atoms with van der Waals surface area (Å²) in [5.74, 6) is -1.10. The molecule has 298 valence electrons. The Morgan fingerprint density at radius 1 is 0.904 bits per heavy atom. The topological polar surface area (TPSA) is 94.5 Å². The van der Waals surface area contributed by atoms with Gasteiger partial charge in [-0.15, -0.1) is 89.3 Å². The van der Waals surface area contributed by atoms with Gasteiger partial charge < -0.3 is 28.5 Å². The van der Waals surface area contributed by atoms with Crippen molar-refractivity contribution in [2.24, 2.45) is 22.7 Å². The van der Waals surface area contributed by atoms with Crippen molar-refractivity contribution in [2.45, 2.75) is 83.6 Å². The SMILES string of the molecule is CC1=CC(C)(C)C([C@@H](OPP)[C@@H]2[C@]3(O)CO[C@@H]3C[C@H](OP(P(P)P)P(P)P)[C@@]2(C)C(=O)[C@@H](C)O)C[C@@H]1OP(P(P)P(P)P)P(P(P)P)P(P)P.[Ac].[Ac]. The van der Waals surface area contributed by atoms with E-state index in [0.717, 1.165) is 0 Å². The Balaban J connectivity index is 0.00000676. The molecule has 0 aromatic rings. The zero-order valence-electron chi connectivity index (χ0n) is 29.8. The molecule has 2 N–H and O–H groups in total. The minimum Gasteiger partial charge on any atom is -0.386 e. The molecule has 52 heavy (non-hydrogen) atoms. The van der Waals surface area contributed by atoms with E-state index in [0.29, 0.717) is 12.8 Å². The van der Waals surface area contributed by atoms with Gasteiger partial charge in [-0.05, 0) is 79.0 Å². The Morgan fingerprint density at radius 3 is 1.85 bits per heavy atom. The van der Waals surface area contributed by atoms with Crippen molar-refractivity contribution in [3.63, 3.8) is 0 Å². The molecule has 1 aliphatic heterocycles. The van der Waals surface area contributed by atoms with Gasteiger partial charge in [0, 0.05) is 123 Å². The van der Waals surface area contributed by atoms with Gasteiger partial charge in [-0.3, -0.25) is 4.79 Å². The van der Waals surface area contributed by atoms with Gasteiger partial charge in [-0.1, -0.05) is 37.8 Å². The second-order valence-corrected chi connectivity index (χ2v) is 86.8. The third kappa shape index (κ3) is 15.3. The van der Waals surface area contributed by atoms with Crippen molar-refractivity contribution in [1.82, 2.24) is 0 Å². The summed E-state index contributed by atoms with van der Waals surface area (Å²) in [5.41, 5.74) is -1.66. The Kier molecular flexibility index (Phi) is 32.7. The third-order valence-corrected chi connectivity index (χ3v) is 104. The van der Waals surface area contributed by atoms with E-state index >= 15 is 0 Å². The molecule has 31 heteroatoms. The predicted octanol–water partition coefficient (Wildman–Crippen LogP) is 13.9. The van der Waals surface area contributed by atoms with Gasteiger partial charge in [0.2, 0.25) is 0 Å². The number of aliphatic hydroxyl groups excluding tert-OH is 1. The Labute approximate surface area is 424 Å². The van der Waals surface area contributed by atoms with E-state index < -0.39 is 77.4 Å². The number of carbonyl (C=O) groups excluding carboxylic acids is 1. The van der Waals surface area contributed by atoms with Gasteiger partial charge in [0.15, 0.2) is 5.78 Å². The quantitative estimate of drug-likeness (QED) is 0.111. The number of aliphatic hydroxyl groups is 2. The maximum Gasteiger partial charge on any atom is 0.169 e. The van der Waals surface area contributed by atoms with Crippen LogP contribution in [-0.4, -0.2) is 58.7 Å². The summed E-state index contributed by atoms with van der Waals surface area (Å²) in [6.07, 6.45) is 0.486. The fourth-order valence-electron chi connectivity index (χ4n) is 7.30. The smallest absolute Gasteiger partial charge is 0.169 e. The number of carbonyl (C=O) groups is 1. The van der Waals surface area contributed by atoms with Gasteiger partial charge in [-0.2, -0.15) is 0 Å². The first-order chi connectivity index (χ1) is 23.0. The Hall–Kier alpha value is 11.5. The molecule has 16 unspecified atom stereocenters. The van der Waals surface area contributed by atoms with E-state index in [1.165, 1.54) is 12.5 Å². The molecule has 1 saturated heterocycles. The Morgan fingerprint density at radius 2 is 1.44 bits per heavy atom. The van der Waals surface area contributed by atoms with Crippen LogP contribution in [0.4, 0.5) is 0 Å². The van der Waals surface area contributed by atoms with E-state index in [1.54, 1.807) is 0 Å². The molecule has 0 spiro atoms. The molecule has 1 saturated carbocycles. The first-order valence-corrected chi connectivity index (χ1v) is 52.5. The fourth-order valence-corrected chi connectivity index (χ4v) is 137. The molecular weight excluding hydrogens is 1500 g/mol. The van der Waals surface area contributed by atoms with Crippen molar-refractivity contribution in [1.29, 1.82) is 0 Å². The summed E-state index contributed by atoms with van der Waals surface area (Å²) in [6.45, 7) is 7.17. The summed E-state index contributed by atoms with van der Waals surface area (Å²) in [4.78, 5) is 14.6. The number of fused-ring (bicyclic) bond motifs is 1. The van der Waals surface area contributed by atoms with Crippen LogP contribution in [0.5, 0.6) is 0 Å². The van der Waals surface area contributed by atoms with Crippen molar-refractivity contribution in [3.05, 3.63) is 11.6 Å². The van der Waals surface area contributed by atoms with Crippen LogP contribution in [0.2, 0.25) is 0 Å². The van der Waals surface area contributed by atoms with Gasteiger partial charge in [0.05, 0.1) is 51.5 Å². The molecule has 0 bridgehead atoms. The molecule has 1 heterocycles. The molecule has 2 radical (unpaired) electrons. The first kappa shape index (κ1) is 61.5. The van der Waals surface area contributed by atoms with E-state index in [2.05, 4.69) is 134 Å². The second-order valence-electron chi connectivity index (χ2n) is 13.3. The minimum atomic E-state index is -1.31. The summed E-state index contributed by atoms with van der Waals surface area (Å²) in [7, 11) is 34.4. The monoisotopic (exact) mass is 1560 g/mol. The molecule has 0 amide bonds. The summed E-state index contributed by atoms with van der Waals surface area (Å²) < 4.78 is 27.4. The second kappa shape index (κ2) is 27.6. The summed E-state index contributed by atoms with van der Waals surface area (Å²) in [5, 5.41) is 23.7. The van der Waals surface area contributed by atoms with Crippen molar-refractivity contribution in [3.8, 4) is 0 Å². The van der Waals surface area contributed by atoms with Crippen LogP contribution in [0.15, 0.2) is 11.6 Å². The van der Waals surface area contributed by atoms with Crippen LogP contribution < -0.4 is 0 Å². The maximum absolute atomic E-state index is 14.6. The standard InChI is InChI=1S/C21H56O7P22.2Ac/c1-10-8-19(3,4)12(6-13(10)27-43(49(40)46(34)35)50(47(36)37)48(38)39)16(26-41-29)17-20(5,18(23)11(2)22)14(7-15-21(17,24)9-25-15)28-42(44(30)31)45(32)33;;/h8,11-17,22,24,41H,6-7,9,29-40H2,1-5H3;;/t11-,12?,13+,14+,15-,16-,17+,20-,21+,43?,49?;;/m1../s1. The third-order valence-electron chi connectivity index (χ3n) is 9.54. The van der Waals surface area contributed by atoms with E-state index in [9.17, 15) is 15.0 Å². The zero-order chi connectivity index (χ0) is 38.3. The number of hydrogen-bond donors (Lipinski definition) is 2. The molecule has 7 nitrogen and oxygen atoms in total.